The van der Waals surface area contributed by atoms with E-state index in [2.05, 4.69) is 24.2 Å². The highest BCUT2D eigenvalue weighted by Gasteiger charge is 1.95. The quantitative estimate of drug-likeness (QED) is 0.586. The van der Waals surface area contributed by atoms with E-state index in [4.69, 9.17) is 0 Å². The number of aromatic amines is 1. The summed E-state index contributed by atoms with van der Waals surface area (Å²) in [7, 11) is 0. The Morgan fingerprint density at radius 2 is 2.40 bits per heavy atom. The summed E-state index contributed by atoms with van der Waals surface area (Å²) in [4.78, 5) is 14.1. The summed E-state index contributed by atoms with van der Waals surface area (Å²) in [5.74, 6) is 0. The zero-order valence-electron chi connectivity index (χ0n) is 5.29. The number of pyridine rings is 1. The second kappa shape index (κ2) is 2.75. The summed E-state index contributed by atoms with van der Waals surface area (Å²) in [6.45, 7) is 3.51. The van der Waals surface area contributed by atoms with Crippen molar-refractivity contribution in [2.75, 3.05) is 0 Å². The van der Waals surface area contributed by atoms with Gasteiger partial charge < -0.3 is 4.98 Å². The van der Waals surface area contributed by atoms with Gasteiger partial charge in [-0.1, -0.05) is 6.58 Å². The molecule has 0 fully saturated rings. The van der Waals surface area contributed by atoms with Crippen molar-refractivity contribution >= 4 is 18.7 Å². The van der Waals surface area contributed by atoms with Gasteiger partial charge in [0.15, 0.2) is 5.43 Å². The fourth-order valence-electron chi connectivity index (χ4n) is 0.643. The first-order valence-corrected chi connectivity index (χ1v) is 3.23. The van der Waals surface area contributed by atoms with Crippen LogP contribution in [0.1, 0.15) is 5.69 Å². The molecule has 0 aliphatic rings. The van der Waals surface area contributed by atoms with E-state index in [1.165, 1.54) is 6.07 Å². The molecule has 0 amide bonds. The molecular formula is C7H7NOS. The monoisotopic (exact) mass is 153 g/mol. The molecule has 2 nitrogen and oxygen atoms in total. The van der Waals surface area contributed by atoms with Gasteiger partial charge in [0.1, 0.15) is 0 Å². The zero-order chi connectivity index (χ0) is 7.56. The highest BCUT2D eigenvalue weighted by molar-refractivity contribution is 7.80. The third kappa shape index (κ3) is 1.14. The first-order chi connectivity index (χ1) is 4.75. The van der Waals surface area contributed by atoms with Crippen LogP contribution in [-0.4, -0.2) is 4.98 Å². The van der Waals surface area contributed by atoms with Gasteiger partial charge in [0.05, 0.1) is 10.6 Å². The lowest BCUT2D eigenvalue weighted by molar-refractivity contribution is 1.17. The minimum Gasteiger partial charge on any atom is -0.361 e. The Morgan fingerprint density at radius 3 is 2.90 bits per heavy atom. The van der Waals surface area contributed by atoms with Crippen LogP contribution in [-0.2, 0) is 0 Å². The van der Waals surface area contributed by atoms with Crippen LogP contribution in [0.15, 0.2) is 28.5 Å². The molecule has 0 aliphatic heterocycles. The smallest absolute Gasteiger partial charge is 0.195 e. The summed E-state index contributed by atoms with van der Waals surface area (Å²) in [6, 6.07) is 1.43. The third-order valence-electron chi connectivity index (χ3n) is 1.17. The van der Waals surface area contributed by atoms with E-state index in [1.54, 1.807) is 12.3 Å². The summed E-state index contributed by atoms with van der Waals surface area (Å²) in [6.07, 6.45) is 3.13. The third-order valence-corrected chi connectivity index (χ3v) is 1.63. The Kier molecular flexibility index (Phi) is 1.97. The lowest BCUT2D eigenvalue weighted by atomic mass is 10.3. The van der Waals surface area contributed by atoms with Crippen LogP contribution in [0.25, 0.3) is 6.08 Å². The molecule has 0 atom stereocenters. The van der Waals surface area contributed by atoms with E-state index in [0.717, 1.165) is 0 Å². The Hall–Kier alpha value is -0.960. The molecule has 10 heavy (non-hydrogen) atoms. The van der Waals surface area contributed by atoms with Gasteiger partial charge >= 0.3 is 0 Å². The molecule has 1 rings (SSSR count). The van der Waals surface area contributed by atoms with Gasteiger partial charge in [0, 0.05) is 12.3 Å². The van der Waals surface area contributed by atoms with Crippen molar-refractivity contribution in [3.05, 3.63) is 34.8 Å². The number of hydrogen-bond acceptors (Lipinski definition) is 2. The van der Waals surface area contributed by atoms with Crippen LogP contribution in [0, 0.1) is 0 Å². The molecule has 0 unspecified atom stereocenters. The maximum absolute atomic E-state index is 10.9. The largest absolute Gasteiger partial charge is 0.361 e. The molecule has 0 radical (unpaired) electrons. The van der Waals surface area contributed by atoms with E-state index in [9.17, 15) is 4.79 Å². The molecule has 1 N–H and O–H groups in total. The topological polar surface area (TPSA) is 32.9 Å². The van der Waals surface area contributed by atoms with Crippen molar-refractivity contribution in [2.24, 2.45) is 0 Å². The molecule has 0 spiro atoms. The van der Waals surface area contributed by atoms with E-state index in [-0.39, 0.29) is 5.43 Å². The molecule has 1 heterocycles. The van der Waals surface area contributed by atoms with Gasteiger partial charge in [-0.15, -0.1) is 12.6 Å². The Bertz CT molecular complexity index is 303. The highest BCUT2D eigenvalue weighted by atomic mass is 32.1. The molecule has 3 heteroatoms. The van der Waals surface area contributed by atoms with E-state index < -0.39 is 0 Å². The molecule has 1 aromatic rings. The van der Waals surface area contributed by atoms with Crippen molar-refractivity contribution in [3.63, 3.8) is 0 Å². The molecule has 0 aliphatic carbocycles. The van der Waals surface area contributed by atoms with Gasteiger partial charge in [-0.2, -0.15) is 0 Å². The van der Waals surface area contributed by atoms with Gasteiger partial charge in [-0.25, -0.2) is 0 Å². The van der Waals surface area contributed by atoms with Crippen molar-refractivity contribution in [1.29, 1.82) is 0 Å². The minimum atomic E-state index is -0.0861. The molecular weight excluding hydrogens is 146 g/mol. The van der Waals surface area contributed by atoms with Gasteiger partial charge in [0.25, 0.3) is 0 Å². The second-order valence-electron chi connectivity index (χ2n) is 1.81. The second-order valence-corrected chi connectivity index (χ2v) is 2.26. The van der Waals surface area contributed by atoms with Crippen LogP contribution in [0.4, 0.5) is 0 Å². The number of H-pyrrole nitrogens is 1. The number of hydrogen-bond donors (Lipinski definition) is 2. The van der Waals surface area contributed by atoms with Crippen LogP contribution in [0.5, 0.6) is 0 Å². The molecule has 0 bridgehead atoms. The maximum atomic E-state index is 10.9. The molecule has 52 valence electrons. The van der Waals surface area contributed by atoms with Crippen molar-refractivity contribution < 1.29 is 0 Å². The standard InChI is InChI=1S/C7H7NOS/c1-2-5-7(10)6(9)3-4-8-5/h2-4,10H,1H2,(H,8,9). The van der Waals surface area contributed by atoms with Gasteiger partial charge in [0.2, 0.25) is 0 Å². The Morgan fingerprint density at radius 1 is 1.70 bits per heavy atom. The first kappa shape index (κ1) is 7.15. The fourth-order valence-corrected chi connectivity index (χ4v) is 0.873. The minimum absolute atomic E-state index is 0.0861. The highest BCUT2D eigenvalue weighted by Crippen LogP contribution is 2.04. The Labute approximate surface area is 64.0 Å². The van der Waals surface area contributed by atoms with Crippen molar-refractivity contribution in [3.8, 4) is 0 Å². The number of thiol groups is 1. The van der Waals surface area contributed by atoms with Crippen LogP contribution in [0.3, 0.4) is 0 Å². The summed E-state index contributed by atoms with van der Waals surface area (Å²) >= 11 is 3.98. The van der Waals surface area contributed by atoms with Crippen molar-refractivity contribution in [1.82, 2.24) is 4.98 Å². The average Bonchev–Trinajstić information content (AvgIpc) is 1.95. The normalized spacial score (nSPS) is 9.30. The van der Waals surface area contributed by atoms with E-state index in [1.807, 2.05) is 0 Å². The van der Waals surface area contributed by atoms with Crippen molar-refractivity contribution in [2.45, 2.75) is 4.90 Å². The summed E-state index contributed by atoms with van der Waals surface area (Å²) in [5.41, 5.74) is 0.577. The molecule has 0 aromatic carbocycles. The van der Waals surface area contributed by atoms with Crippen LogP contribution < -0.4 is 5.43 Å². The fraction of sp³-hybridized carbons (Fsp3) is 0. The molecule has 0 saturated carbocycles. The van der Waals surface area contributed by atoms with E-state index in [0.29, 0.717) is 10.6 Å². The predicted molar refractivity (Wildman–Crippen MR) is 44.4 cm³/mol. The summed E-state index contributed by atoms with van der Waals surface area (Å²) in [5, 5.41) is 0. The first-order valence-electron chi connectivity index (χ1n) is 2.79. The Balaban J connectivity index is 3.41. The maximum Gasteiger partial charge on any atom is 0.195 e. The van der Waals surface area contributed by atoms with Crippen LogP contribution >= 0.6 is 12.6 Å². The number of nitrogens with one attached hydrogen (secondary N) is 1. The number of aromatic nitrogens is 1. The lowest BCUT2D eigenvalue weighted by Gasteiger charge is -1.94. The lowest BCUT2D eigenvalue weighted by Crippen LogP contribution is -2.02. The van der Waals surface area contributed by atoms with Gasteiger partial charge in [-0.05, 0) is 6.08 Å². The zero-order valence-corrected chi connectivity index (χ0v) is 6.19. The molecule has 1 aromatic heterocycles. The predicted octanol–water partition coefficient (Wildman–Crippen LogP) is 1.31. The molecule has 0 saturated heterocycles. The van der Waals surface area contributed by atoms with Gasteiger partial charge in [-0.3, -0.25) is 4.79 Å². The van der Waals surface area contributed by atoms with Crippen LogP contribution in [0.2, 0.25) is 0 Å². The average molecular weight is 153 g/mol. The SMILES string of the molecule is C=Cc1[nH]ccc(=O)c1S. The van der Waals surface area contributed by atoms with E-state index >= 15 is 0 Å². The number of rotatable bonds is 1. The summed E-state index contributed by atoms with van der Waals surface area (Å²) < 4.78 is 0.